The van der Waals surface area contributed by atoms with Crippen LogP contribution in [0.2, 0.25) is 0 Å². The number of piperazine rings is 1. The van der Waals surface area contributed by atoms with E-state index < -0.39 is 5.60 Å². The van der Waals surface area contributed by atoms with Gasteiger partial charge in [-0.3, -0.25) is 4.79 Å². The summed E-state index contributed by atoms with van der Waals surface area (Å²) in [4.78, 5) is 31.8. The lowest BCUT2D eigenvalue weighted by Gasteiger charge is -2.37. The molecule has 0 bridgehead atoms. The molecule has 8 nitrogen and oxygen atoms in total. The Hall–Kier alpha value is -3.03. The quantitative estimate of drug-likeness (QED) is 0.708. The van der Waals surface area contributed by atoms with Crippen molar-refractivity contribution < 1.29 is 9.53 Å². The van der Waals surface area contributed by atoms with Gasteiger partial charge in [0.1, 0.15) is 11.3 Å². The molecule has 4 rings (SSSR count). The number of para-hydroxylation sites is 1. The van der Waals surface area contributed by atoms with E-state index in [9.17, 15) is 9.59 Å². The zero-order valence-corrected chi connectivity index (χ0v) is 19.9. The van der Waals surface area contributed by atoms with E-state index >= 15 is 0 Å². The molecule has 0 spiro atoms. The number of likely N-dealkylation sites (tertiary alicyclic amines) is 1. The fourth-order valence-electron chi connectivity index (χ4n) is 4.52. The molecule has 1 amide bonds. The summed E-state index contributed by atoms with van der Waals surface area (Å²) < 4.78 is 7.08. The molecule has 0 N–H and O–H groups in total. The first-order chi connectivity index (χ1) is 15.8. The molecular weight excluding hydrogens is 418 g/mol. The minimum absolute atomic E-state index is 0.0276. The fourth-order valence-corrected chi connectivity index (χ4v) is 4.52. The van der Waals surface area contributed by atoms with Crippen molar-refractivity contribution in [1.29, 1.82) is 0 Å². The molecule has 0 atom stereocenters. The highest BCUT2D eigenvalue weighted by molar-refractivity contribution is 5.68. The van der Waals surface area contributed by atoms with Crippen LogP contribution in [0.15, 0.2) is 47.4 Å². The minimum Gasteiger partial charge on any atom is -0.444 e. The van der Waals surface area contributed by atoms with Crippen LogP contribution in [0.3, 0.4) is 0 Å². The summed E-state index contributed by atoms with van der Waals surface area (Å²) in [5.74, 6) is 0.319. The second-order valence-electron chi connectivity index (χ2n) is 9.92. The Morgan fingerprint density at radius 3 is 2.24 bits per heavy atom. The van der Waals surface area contributed by atoms with Gasteiger partial charge in [-0.05, 0) is 57.7 Å². The third-order valence-corrected chi connectivity index (χ3v) is 6.33. The molecule has 2 fully saturated rings. The van der Waals surface area contributed by atoms with Gasteiger partial charge in [-0.2, -0.15) is 5.10 Å². The summed E-state index contributed by atoms with van der Waals surface area (Å²) in [5.41, 5.74) is 1.43. The van der Waals surface area contributed by atoms with E-state index in [1.165, 1.54) is 5.69 Å². The molecule has 178 valence electrons. The number of piperidine rings is 1. The third kappa shape index (κ3) is 5.86. The first-order valence-electron chi connectivity index (χ1n) is 11.9. The fraction of sp³-hybridized carbons (Fsp3) is 0.560. The lowest BCUT2D eigenvalue weighted by molar-refractivity contribution is 0.0176. The lowest BCUT2D eigenvalue weighted by atomic mass is 9.97. The third-order valence-electron chi connectivity index (χ3n) is 6.33. The van der Waals surface area contributed by atoms with Gasteiger partial charge in [0.15, 0.2) is 0 Å². The van der Waals surface area contributed by atoms with E-state index in [1.807, 2.05) is 32.9 Å². The molecule has 0 unspecified atom stereocenters. The maximum atomic E-state index is 13.2. The van der Waals surface area contributed by atoms with E-state index in [0.717, 1.165) is 44.7 Å². The number of benzene rings is 1. The number of ether oxygens (including phenoxy) is 1. The molecule has 8 heteroatoms. The topological polar surface area (TPSA) is 70.9 Å². The number of nitrogens with zero attached hydrogens (tertiary/aromatic N) is 5. The van der Waals surface area contributed by atoms with Gasteiger partial charge in [0.05, 0.1) is 0 Å². The van der Waals surface area contributed by atoms with Gasteiger partial charge in [-0.1, -0.05) is 18.2 Å². The van der Waals surface area contributed by atoms with E-state index in [2.05, 4.69) is 39.2 Å². The summed E-state index contributed by atoms with van der Waals surface area (Å²) in [5, 5.41) is 4.35. The number of aromatic nitrogens is 2. The zero-order valence-electron chi connectivity index (χ0n) is 19.9. The Morgan fingerprint density at radius 1 is 0.970 bits per heavy atom. The SMILES string of the molecule is CC(C)(C)OC(=O)N1CCC(Cn2nccc(N3CCN(c4ccccc4)CC3)c2=O)CC1. The van der Waals surface area contributed by atoms with Crippen molar-refractivity contribution in [3.63, 3.8) is 0 Å². The number of carbonyl (C=O) groups is 1. The van der Waals surface area contributed by atoms with Gasteiger partial charge in [-0.25, -0.2) is 9.48 Å². The Balaban J connectivity index is 1.33. The molecule has 0 saturated carbocycles. The van der Waals surface area contributed by atoms with Gasteiger partial charge in [0.2, 0.25) is 0 Å². The zero-order chi connectivity index (χ0) is 23.4. The lowest BCUT2D eigenvalue weighted by Crippen LogP contribution is -2.48. The summed E-state index contributed by atoms with van der Waals surface area (Å²) in [6.45, 7) is 10.9. The molecule has 0 aliphatic carbocycles. The van der Waals surface area contributed by atoms with Gasteiger partial charge in [0, 0.05) is 57.7 Å². The van der Waals surface area contributed by atoms with Crippen molar-refractivity contribution in [3.05, 3.63) is 52.9 Å². The summed E-state index contributed by atoms with van der Waals surface area (Å²) in [6.07, 6.45) is 3.16. The average molecular weight is 454 g/mol. The second-order valence-corrected chi connectivity index (χ2v) is 9.92. The molecule has 2 saturated heterocycles. The van der Waals surface area contributed by atoms with Crippen LogP contribution in [0.1, 0.15) is 33.6 Å². The van der Waals surface area contributed by atoms with Crippen molar-refractivity contribution in [2.75, 3.05) is 49.1 Å². The van der Waals surface area contributed by atoms with Crippen LogP contribution < -0.4 is 15.4 Å². The number of anilines is 2. The Bertz CT molecular complexity index is 985. The van der Waals surface area contributed by atoms with Crippen molar-refractivity contribution in [2.45, 2.75) is 45.8 Å². The molecule has 0 radical (unpaired) electrons. The molecule has 1 aromatic heterocycles. The predicted octanol–water partition coefficient (Wildman–Crippen LogP) is 3.22. The van der Waals surface area contributed by atoms with Crippen molar-refractivity contribution in [1.82, 2.24) is 14.7 Å². The maximum absolute atomic E-state index is 13.2. The Labute approximate surface area is 195 Å². The molecule has 2 aliphatic rings. The standard InChI is InChI=1S/C25H35N5O3/c1-25(2,3)33-24(32)29-13-10-20(11-14-29)19-30-23(31)22(9-12-26-30)28-17-15-27(16-18-28)21-7-5-4-6-8-21/h4-9,12,20H,10-11,13-19H2,1-3H3. The van der Waals surface area contributed by atoms with E-state index in [1.54, 1.807) is 15.8 Å². The molecule has 1 aromatic carbocycles. The van der Waals surface area contributed by atoms with Crippen LogP contribution in [0.4, 0.5) is 16.2 Å². The largest absolute Gasteiger partial charge is 0.444 e. The normalized spacial score (nSPS) is 17.8. The van der Waals surface area contributed by atoms with Crippen LogP contribution in [-0.2, 0) is 11.3 Å². The Kier molecular flexibility index (Phi) is 6.91. The van der Waals surface area contributed by atoms with Crippen LogP contribution in [0, 0.1) is 5.92 Å². The average Bonchev–Trinajstić information content (AvgIpc) is 2.80. The van der Waals surface area contributed by atoms with Gasteiger partial charge in [0.25, 0.3) is 5.56 Å². The second kappa shape index (κ2) is 9.85. The number of amides is 1. The Morgan fingerprint density at radius 2 is 1.61 bits per heavy atom. The highest BCUT2D eigenvalue weighted by Crippen LogP contribution is 2.22. The number of carbonyl (C=O) groups excluding carboxylic acids is 1. The summed E-state index contributed by atoms with van der Waals surface area (Å²) in [7, 11) is 0. The van der Waals surface area contributed by atoms with Crippen molar-refractivity contribution in [2.24, 2.45) is 5.92 Å². The van der Waals surface area contributed by atoms with Crippen LogP contribution in [0.25, 0.3) is 0 Å². The summed E-state index contributed by atoms with van der Waals surface area (Å²) in [6, 6.07) is 12.2. The van der Waals surface area contributed by atoms with Gasteiger partial charge in [-0.15, -0.1) is 0 Å². The minimum atomic E-state index is -0.488. The number of hydrogen-bond acceptors (Lipinski definition) is 6. The van der Waals surface area contributed by atoms with Crippen molar-refractivity contribution in [3.8, 4) is 0 Å². The van der Waals surface area contributed by atoms with Crippen LogP contribution in [-0.4, -0.2) is 65.6 Å². The molecular formula is C25H35N5O3. The highest BCUT2D eigenvalue weighted by Gasteiger charge is 2.28. The van der Waals surface area contributed by atoms with Gasteiger partial charge >= 0.3 is 6.09 Å². The number of rotatable bonds is 4. The molecule has 2 aliphatic heterocycles. The van der Waals surface area contributed by atoms with Crippen LogP contribution >= 0.6 is 0 Å². The summed E-state index contributed by atoms with van der Waals surface area (Å²) >= 11 is 0. The predicted molar refractivity (Wildman–Crippen MR) is 130 cm³/mol. The van der Waals surface area contributed by atoms with Crippen LogP contribution in [0.5, 0.6) is 0 Å². The van der Waals surface area contributed by atoms with E-state index in [-0.39, 0.29) is 11.7 Å². The van der Waals surface area contributed by atoms with E-state index in [0.29, 0.717) is 25.6 Å². The maximum Gasteiger partial charge on any atom is 0.410 e. The molecule has 3 heterocycles. The smallest absolute Gasteiger partial charge is 0.410 e. The molecule has 2 aromatic rings. The molecule has 33 heavy (non-hydrogen) atoms. The number of hydrogen-bond donors (Lipinski definition) is 0. The first-order valence-corrected chi connectivity index (χ1v) is 11.9. The first kappa shape index (κ1) is 23.1. The monoisotopic (exact) mass is 453 g/mol. The van der Waals surface area contributed by atoms with Gasteiger partial charge < -0.3 is 19.4 Å². The van der Waals surface area contributed by atoms with E-state index in [4.69, 9.17) is 4.74 Å². The van der Waals surface area contributed by atoms with Crippen molar-refractivity contribution >= 4 is 17.5 Å². The highest BCUT2D eigenvalue weighted by atomic mass is 16.6.